The van der Waals surface area contributed by atoms with Crippen molar-refractivity contribution in [1.82, 2.24) is 0 Å². The van der Waals surface area contributed by atoms with Gasteiger partial charge in [0.05, 0.1) is 0 Å². The summed E-state index contributed by atoms with van der Waals surface area (Å²) in [5.41, 5.74) is 0. The molecule has 0 spiro atoms. The maximum Gasteiger partial charge on any atom is 2.00 e. The SMILES string of the molecule is C=CS(=O)(=O)[O-].C=CS(=O)(=O)[O-].[Ca+2]. The fourth-order valence-electron chi connectivity index (χ4n) is 0. The Hall–Kier alpha value is 0.560. The summed E-state index contributed by atoms with van der Waals surface area (Å²) in [5, 5.41) is 0.708. The first-order chi connectivity index (χ1) is 5.12. The van der Waals surface area contributed by atoms with E-state index in [2.05, 4.69) is 13.2 Å². The van der Waals surface area contributed by atoms with Crippen LogP contribution < -0.4 is 0 Å². The molecule has 13 heavy (non-hydrogen) atoms. The van der Waals surface area contributed by atoms with Crippen LogP contribution in [0.1, 0.15) is 0 Å². The molecule has 0 saturated heterocycles. The van der Waals surface area contributed by atoms with Gasteiger partial charge in [-0.2, -0.15) is 0 Å². The van der Waals surface area contributed by atoms with Crippen molar-refractivity contribution in [3.63, 3.8) is 0 Å². The normalized spacial score (nSPS) is 10.0. The van der Waals surface area contributed by atoms with Crippen LogP contribution in [0.4, 0.5) is 0 Å². The summed E-state index contributed by atoms with van der Waals surface area (Å²) in [4.78, 5) is 0. The van der Waals surface area contributed by atoms with Gasteiger partial charge in [-0.05, 0) is 0 Å². The van der Waals surface area contributed by atoms with Crippen molar-refractivity contribution in [2.75, 3.05) is 0 Å². The molecule has 0 unspecified atom stereocenters. The van der Waals surface area contributed by atoms with Gasteiger partial charge in [0.2, 0.25) is 0 Å². The fraction of sp³-hybridized carbons (Fsp3) is 0. The molecular weight excluding hydrogens is 248 g/mol. The van der Waals surface area contributed by atoms with Gasteiger partial charge in [0, 0.05) is 10.8 Å². The summed E-state index contributed by atoms with van der Waals surface area (Å²) in [6, 6.07) is 0. The zero-order valence-electron chi connectivity index (χ0n) is 6.54. The van der Waals surface area contributed by atoms with E-state index < -0.39 is 20.2 Å². The van der Waals surface area contributed by atoms with Gasteiger partial charge in [-0.3, -0.25) is 0 Å². The second kappa shape index (κ2) is 7.92. The summed E-state index contributed by atoms with van der Waals surface area (Å²) in [7, 11) is -8.30. The van der Waals surface area contributed by atoms with E-state index in [1.54, 1.807) is 0 Å². The van der Waals surface area contributed by atoms with Crippen molar-refractivity contribution in [3.05, 3.63) is 24.0 Å². The molecule has 0 aliphatic rings. The number of hydrogen-bond donors (Lipinski definition) is 0. The zero-order chi connectivity index (χ0) is 10.4. The summed E-state index contributed by atoms with van der Waals surface area (Å²) >= 11 is 0. The van der Waals surface area contributed by atoms with E-state index in [4.69, 9.17) is 0 Å². The van der Waals surface area contributed by atoms with Gasteiger partial charge in [0.1, 0.15) is 20.2 Å². The fourth-order valence-corrected chi connectivity index (χ4v) is 0. The quantitative estimate of drug-likeness (QED) is 0.459. The molecule has 0 aliphatic carbocycles. The monoisotopic (exact) mass is 254 g/mol. The van der Waals surface area contributed by atoms with E-state index in [9.17, 15) is 25.9 Å². The minimum atomic E-state index is -4.15. The minimum absolute atomic E-state index is 0. The first kappa shape index (κ1) is 19.2. The minimum Gasteiger partial charge on any atom is -0.745 e. The van der Waals surface area contributed by atoms with Crippen molar-refractivity contribution >= 4 is 58.0 Å². The summed E-state index contributed by atoms with van der Waals surface area (Å²) < 4.78 is 56.0. The zero-order valence-corrected chi connectivity index (χ0v) is 10.4. The Morgan fingerprint density at radius 3 is 0.923 bits per heavy atom. The van der Waals surface area contributed by atoms with Gasteiger partial charge in [-0.15, -0.1) is 0 Å². The number of hydrogen-bond acceptors (Lipinski definition) is 6. The van der Waals surface area contributed by atoms with Crippen LogP contribution >= 0.6 is 0 Å². The third kappa shape index (κ3) is 32.5. The first-order valence-corrected chi connectivity index (χ1v) is 5.23. The molecule has 0 aliphatic heterocycles. The van der Waals surface area contributed by atoms with Gasteiger partial charge in [-0.25, -0.2) is 16.8 Å². The van der Waals surface area contributed by atoms with Crippen LogP contribution in [0, 0.1) is 0 Å². The predicted molar refractivity (Wildman–Crippen MR) is 45.5 cm³/mol. The molecular formula is C4H6CaO6S2. The van der Waals surface area contributed by atoms with Gasteiger partial charge in [-0.1, -0.05) is 13.2 Å². The van der Waals surface area contributed by atoms with E-state index in [0.717, 1.165) is 0 Å². The van der Waals surface area contributed by atoms with Crippen LogP contribution in [0.3, 0.4) is 0 Å². The van der Waals surface area contributed by atoms with Crippen LogP contribution in [0.2, 0.25) is 0 Å². The van der Waals surface area contributed by atoms with Gasteiger partial charge in [0.15, 0.2) is 0 Å². The van der Waals surface area contributed by atoms with Crippen LogP contribution in [-0.4, -0.2) is 63.7 Å². The molecule has 6 nitrogen and oxygen atoms in total. The molecule has 0 bridgehead atoms. The Balaban J connectivity index is -0.000000143. The van der Waals surface area contributed by atoms with E-state index in [0.29, 0.717) is 10.8 Å². The second-order valence-electron chi connectivity index (χ2n) is 1.32. The van der Waals surface area contributed by atoms with Crippen LogP contribution in [0.15, 0.2) is 24.0 Å². The molecule has 0 aromatic heterocycles. The first-order valence-electron chi connectivity index (χ1n) is 2.29. The van der Waals surface area contributed by atoms with Crippen molar-refractivity contribution in [1.29, 1.82) is 0 Å². The van der Waals surface area contributed by atoms with Crippen LogP contribution in [-0.2, 0) is 20.2 Å². The third-order valence-corrected chi connectivity index (χ3v) is 1.22. The van der Waals surface area contributed by atoms with Crippen molar-refractivity contribution < 1.29 is 25.9 Å². The van der Waals surface area contributed by atoms with E-state index in [-0.39, 0.29) is 37.7 Å². The number of rotatable bonds is 2. The molecule has 0 aromatic carbocycles. The molecule has 0 radical (unpaired) electrons. The van der Waals surface area contributed by atoms with Crippen LogP contribution in [0.25, 0.3) is 0 Å². The summed E-state index contributed by atoms with van der Waals surface area (Å²) in [6.45, 7) is 5.46. The predicted octanol–water partition coefficient (Wildman–Crippen LogP) is -1.03. The Labute approximate surface area is 107 Å². The van der Waals surface area contributed by atoms with Gasteiger partial charge < -0.3 is 9.11 Å². The second-order valence-corrected chi connectivity index (χ2v) is 3.96. The Morgan fingerprint density at radius 2 is 0.923 bits per heavy atom. The summed E-state index contributed by atoms with van der Waals surface area (Å²) in [6.07, 6.45) is 0. The molecule has 0 N–H and O–H groups in total. The Morgan fingerprint density at radius 1 is 0.846 bits per heavy atom. The molecule has 72 valence electrons. The van der Waals surface area contributed by atoms with Gasteiger partial charge in [0.25, 0.3) is 0 Å². The van der Waals surface area contributed by atoms with Crippen LogP contribution in [0.5, 0.6) is 0 Å². The van der Waals surface area contributed by atoms with Crippen molar-refractivity contribution in [2.45, 2.75) is 0 Å². The maximum atomic E-state index is 9.33. The smallest absolute Gasteiger partial charge is 0.745 e. The third-order valence-electron chi connectivity index (χ3n) is 0.408. The topological polar surface area (TPSA) is 114 Å². The standard InChI is InChI=1S/2C2H4O3S.Ca/c2*1-2-6(3,4)5;/h2*2H,1H2,(H,3,4,5);/q;;+2/p-2. The molecule has 0 fully saturated rings. The van der Waals surface area contributed by atoms with E-state index >= 15 is 0 Å². The Bertz CT molecular complexity index is 280. The molecule has 0 heterocycles. The average molecular weight is 254 g/mol. The summed E-state index contributed by atoms with van der Waals surface area (Å²) in [5.74, 6) is 0. The molecule has 0 saturated carbocycles. The van der Waals surface area contributed by atoms with E-state index in [1.165, 1.54) is 0 Å². The molecule has 0 aromatic rings. The Kier molecular flexibility index (Phi) is 11.7. The van der Waals surface area contributed by atoms with Crippen molar-refractivity contribution in [2.24, 2.45) is 0 Å². The molecule has 9 heteroatoms. The largest absolute Gasteiger partial charge is 2.00 e. The van der Waals surface area contributed by atoms with Gasteiger partial charge >= 0.3 is 37.7 Å². The van der Waals surface area contributed by atoms with E-state index in [1.807, 2.05) is 0 Å². The molecule has 0 amide bonds. The molecule has 0 rings (SSSR count). The van der Waals surface area contributed by atoms with Crippen molar-refractivity contribution in [3.8, 4) is 0 Å². The maximum absolute atomic E-state index is 9.33. The molecule has 0 atom stereocenters. The average Bonchev–Trinajstić information content (AvgIpc) is 1.86.